The van der Waals surface area contributed by atoms with Crippen molar-refractivity contribution in [2.45, 2.75) is 27.1 Å². The smallest absolute Gasteiger partial charge is 0.276 e. The lowest BCUT2D eigenvalue weighted by Gasteiger charge is -2.09. The molecule has 1 amide bonds. The number of benzene rings is 2. The molecule has 0 spiro atoms. The summed E-state index contributed by atoms with van der Waals surface area (Å²) < 4.78 is 10.1. The molecule has 0 atom stereocenters. The third-order valence-corrected chi connectivity index (χ3v) is 6.61. The summed E-state index contributed by atoms with van der Waals surface area (Å²) in [4.78, 5) is 12.7. The molecule has 0 saturated heterocycles. The number of nitrogens with zero attached hydrogens (tertiary/aromatic N) is 4. The monoisotopic (exact) mass is 547 g/mol. The fourth-order valence-electron chi connectivity index (χ4n) is 3.23. The highest BCUT2D eigenvalue weighted by atomic mass is 79.9. The zero-order valence-electron chi connectivity index (χ0n) is 17.8. The van der Waals surface area contributed by atoms with Crippen LogP contribution < -0.4 is 10.1 Å². The molecular formula is C23H20BrCl2N5O2. The van der Waals surface area contributed by atoms with Crippen molar-refractivity contribution < 1.29 is 9.53 Å². The largest absolute Gasteiger partial charge is 0.470 e. The van der Waals surface area contributed by atoms with Gasteiger partial charge >= 0.3 is 0 Å². The van der Waals surface area contributed by atoms with Gasteiger partial charge in [0.25, 0.3) is 5.91 Å². The lowest BCUT2D eigenvalue weighted by molar-refractivity contribution is 0.102. The van der Waals surface area contributed by atoms with Crippen LogP contribution in [0.1, 0.15) is 27.4 Å². The minimum Gasteiger partial charge on any atom is -0.470 e. The topological polar surface area (TPSA) is 74.0 Å². The van der Waals surface area contributed by atoms with Gasteiger partial charge in [0.05, 0.1) is 27.4 Å². The van der Waals surface area contributed by atoms with Crippen molar-refractivity contribution in [2.75, 3.05) is 5.32 Å². The van der Waals surface area contributed by atoms with Crippen LogP contribution in [0.5, 0.6) is 5.75 Å². The quantitative estimate of drug-likeness (QED) is 0.302. The van der Waals surface area contributed by atoms with E-state index in [1.807, 2.05) is 42.8 Å². The van der Waals surface area contributed by atoms with Gasteiger partial charge in [0.1, 0.15) is 5.75 Å². The van der Waals surface area contributed by atoms with E-state index in [4.69, 9.17) is 27.9 Å². The van der Waals surface area contributed by atoms with Crippen LogP contribution >= 0.6 is 39.1 Å². The summed E-state index contributed by atoms with van der Waals surface area (Å²) in [7, 11) is 0. The Morgan fingerprint density at radius 1 is 1.12 bits per heavy atom. The summed E-state index contributed by atoms with van der Waals surface area (Å²) in [5.74, 6) is 0.165. The Bertz CT molecular complexity index is 1320. The Balaban J connectivity index is 1.39. The van der Waals surface area contributed by atoms with Gasteiger partial charge in [-0.15, -0.1) is 0 Å². The summed E-state index contributed by atoms with van der Waals surface area (Å²) in [6.07, 6.45) is 1.66. The molecule has 0 saturated carbocycles. The van der Waals surface area contributed by atoms with Crippen LogP contribution in [0, 0.1) is 13.8 Å². The molecule has 7 nitrogen and oxygen atoms in total. The lowest BCUT2D eigenvalue weighted by atomic mass is 10.2. The highest BCUT2D eigenvalue weighted by Crippen LogP contribution is 2.27. The fraction of sp³-hybridized carbons (Fsp3) is 0.174. The number of ether oxygens (including phenoxy) is 1. The Morgan fingerprint density at radius 2 is 1.94 bits per heavy atom. The molecule has 2 aromatic carbocycles. The molecule has 1 N–H and O–H groups in total. The van der Waals surface area contributed by atoms with Gasteiger partial charge in [-0.05, 0) is 71.7 Å². The lowest BCUT2D eigenvalue weighted by Crippen LogP contribution is -2.14. The van der Waals surface area contributed by atoms with E-state index in [1.54, 1.807) is 30.5 Å². The molecule has 2 heterocycles. The minimum absolute atomic E-state index is 0.0995. The number of rotatable bonds is 7. The first-order chi connectivity index (χ1) is 15.8. The molecule has 0 aliphatic heterocycles. The normalized spacial score (nSPS) is 10.9. The molecule has 0 radical (unpaired) electrons. The molecule has 0 aliphatic rings. The molecule has 33 heavy (non-hydrogen) atoms. The molecule has 4 rings (SSSR count). The van der Waals surface area contributed by atoms with Crippen molar-refractivity contribution >= 4 is 50.7 Å². The van der Waals surface area contributed by atoms with E-state index in [9.17, 15) is 4.79 Å². The first-order valence-corrected chi connectivity index (χ1v) is 11.6. The number of anilines is 1. The van der Waals surface area contributed by atoms with E-state index in [2.05, 4.69) is 31.4 Å². The van der Waals surface area contributed by atoms with Crippen molar-refractivity contribution in [1.82, 2.24) is 19.6 Å². The Labute approximate surface area is 209 Å². The van der Waals surface area contributed by atoms with Crippen LogP contribution in [0.4, 0.5) is 5.69 Å². The van der Waals surface area contributed by atoms with Crippen LogP contribution in [-0.4, -0.2) is 25.5 Å². The first kappa shape index (κ1) is 23.4. The van der Waals surface area contributed by atoms with Crippen LogP contribution in [0.3, 0.4) is 0 Å². The van der Waals surface area contributed by atoms with Crippen molar-refractivity contribution in [3.05, 3.63) is 91.9 Å². The fourth-order valence-corrected chi connectivity index (χ4v) is 3.97. The minimum atomic E-state index is -0.315. The summed E-state index contributed by atoms with van der Waals surface area (Å²) in [6.45, 7) is 4.67. The Morgan fingerprint density at radius 3 is 2.67 bits per heavy atom. The van der Waals surface area contributed by atoms with E-state index in [-0.39, 0.29) is 18.3 Å². The summed E-state index contributed by atoms with van der Waals surface area (Å²) in [5.41, 5.74) is 3.96. The number of hydrogen-bond donors (Lipinski definition) is 1. The SMILES string of the molecule is Cc1nn(Cc2cccc(NC(=O)c3ccn(COc4ccc(Cl)cc4Cl)n3)c2)c(C)c1Br. The van der Waals surface area contributed by atoms with Crippen LogP contribution in [0.15, 0.2) is 59.2 Å². The number of halogens is 3. The first-order valence-electron chi connectivity index (χ1n) is 10.0. The second kappa shape index (κ2) is 9.99. The standard InChI is InChI=1S/C23H20BrCl2N5O2/c1-14-22(24)15(2)31(28-14)12-16-4-3-5-18(10-16)27-23(32)20-8-9-30(29-20)13-33-21-7-6-17(25)11-19(21)26/h3-11H,12-13H2,1-2H3,(H,27,32). The second-order valence-electron chi connectivity index (χ2n) is 7.39. The average molecular weight is 549 g/mol. The predicted octanol–water partition coefficient (Wildman–Crippen LogP) is 6.10. The zero-order chi connectivity index (χ0) is 23.5. The van der Waals surface area contributed by atoms with Gasteiger partial charge in [-0.3, -0.25) is 9.48 Å². The van der Waals surface area contributed by atoms with E-state index < -0.39 is 0 Å². The number of aryl methyl sites for hydroxylation is 1. The molecule has 2 aromatic heterocycles. The predicted molar refractivity (Wildman–Crippen MR) is 132 cm³/mol. The summed E-state index contributed by atoms with van der Waals surface area (Å²) in [6, 6.07) is 14.2. The van der Waals surface area contributed by atoms with Gasteiger partial charge in [-0.1, -0.05) is 35.3 Å². The van der Waals surface area contributed by atoms with Gasteiger partial charge < -0.3 is 10.1 Å². The van der Waals surface area contributed by atoms with Crippen molar-refractivity contribution in [3.63, 3.8) is 0 Å². The van der Waals surface area contributed by atoms with Gasteiger partial charge in [-0.25, -0.2) is 4.68 Å². The third-order valence-electron chi connectivity index (χ3n) is 4.93. The van der Waals surface area contributed by atoms with Gasteiger partial charge in [-0.2, -0.15) is 10.2 Å². The van der Waals surface area contributed by atoms with E-state index in [0.717, 1.165) is 21.4 Å². The van der Waals surface area contributed by atoms with Gasteiger partial charge in [0, 0.05) is 16.9 Å². The summed E-state index contributed by atoms with van der Waals surface area (Å²) in [5, 5.41) is 12.6. The van der Waals surface area contributed by atoms with Crippen LogP contribution in [0.2, 0.25) is 10.0 Å². The van der Waals surface area contributed by atoms with Gasteiger partial charge in [0.15, 0.2) is 12.4 Å². The highest BCUT2D eigenvalue weighted by Gasteiger charge is 2.12. The number of carbonyl (C=O) groups excluding carboxylic acids is 1. The molecule has 4 aromatic rings. The molecule has 0 bridgehead atoms. The maximum absolute atomic E-state index is 12.7. The Kier molecular flexibility index (Phi) is 7.07. The number of hydrogen-bond acceptors (Lipinski definition) is 4. The number of amides is 1. The number of nitrogens with one attached hydrogen (secondary N) is 1. The molecule has 10 heteroatoms. The van der Waals surface area contributed by atoms with Crippen molar-refractivity contribution in [2.24, 2.45) is 0 Å². The molecule has 170 valence electrons. The molecule has 0 fully saturated rings. The van der Waals surface area contributed by atoms with E-state index >= 15 is 0 Å². The second-order valence-corrected chi connectivity index (χ2v) is 9.02. The van der Waals surface area contributed by atoms with E-state index in [1.165, 1.54) is 4.68 Å². The molecule has 0 aliphatic carbocycles. The van der Waals surface area contributed by atoms with Gasteiger partial charge in [0.2, 0.25) is 0 Å². The Hall–Kier alpha value is -2.81. The maximum atomic E-state index is 12.7. The average Bonchev–Trinajstić information content (AvgIpc) is 3.34. The molecular weight excluding hydrogens is 529 g/mol. The third kappa shape index (κ3) is 5.58. The zero-order valence-corrected chi connectivity index (χ0v) is 20.9. The van der Waals surface area contributed by atoms with Crippen molar-refractivity contribution in [3.8, 4) is 5.75 Å². The maximum Gasteiger partial charge on any atom is 0.276 e. The van der Waals surface area contributed by atoms with E-state index in [0.29, 0.717) is 28.0 Å². The molecule has 0 unspecified atom stereocenters. The number of aromatic nitrogens is 4. The highest BCUT2D eigenvalue weighted by molar-refractivity contribution is 9.10. The van der Waals surface area contributed by atoms with Crippen LogP contribution in [-0.2, 0) is 13.3 Å². The number of carbonyl (C=O) groups is 1. The summed E-state index contributed by atoms with van der Waals surface area (Å²) >= 11 is 15.6. The van der Waals surface area contributed by atoms with Crippen LogP contribution in [0.25, 0.3) is 0 Å². The van der Waals surface area contributed by atoms with Crippen molar-refractivity contribution in [1.29, 1.82) is 0 Å².